The number of aliphatic hydroxyl groups excluding tert-OH is 1. The van der Waals surface area contributed by atoms with Gasteiger partial charge >= 0.3 is 5.97 Å². The molecule has 114 valence electrons. The maximum absolute atomic E-state index is 11.3. The molecule has 0 spiro atoms. The fraction of sp³-hybridized carbons (Fsp3) is 0.929. The van der Waals surface area contributed by atoms with Crippen LogP contribution in [0.25, 0.3) is 0 Å². The summed E-state index contributed by atoms with van der Waals surface area (Å²) in [5.41, 5.74) is 0. The van der Waals surface area contributed by atoms with Gasteiger partial charge in [0.1, 0.15) is 6.61 Å². The molecule has 0 saturated carbocycles. The van der Waals surface area contributed by atoms with Gasteiger partial charge in [0.25, 0.3) is 0 Å². The first kappa shape index (κ1) is 18.4. The van der Waals surface area contributed by atoms with Crippen LogP contribution in [0.4, 0.5) is 0 Å². The lowest BCUT2D eigenvalue weighted by Gasteiger charge is -2.06. The van der Waals surface area contributed by atoms with Crippen LogP contribution in [0.2, 0.25) is 0 Å². The lowest BCUT2D eigenvalue weighted by atomic mass is 10.1. The van der Waals surface area contributed by atoms with Crippen molar-refractivity contribution in [3.05, 3.63) is 0 Å². The first-order valence-corrected chi connectivity index (χ1v) is 7.23. The van der Waals surface area contributed by atoms with Crippen LogP contribution in [0.3, 0.4) is 0 Å². The summed E-state index contributed by atoms with van der Waals surface area (Å²) in [4.78, 5) is 11.3. The molecule has 0 atom stereocenters. The van der Waals surface area contributed by atoms with Crippen LogP contribution in [-0.2, 0) is 19.0 Å². The van der Waals surface area contributed by atoms with E-state index in [-0.39, 0.29) is 12.6 Å². The maximum Gasteiger partial charge on any atom is 0.305 e. The van der Waals surface area contributed by atoms with E-state index in [0.717, 1.165) is 12.8 Å². The highest BCUT2D eigenvalue weighted by Crippen LogP contribution is 2.05. The number of rotatable bonds is 14. The summed E-state index contributed by atoms with van der Waals surface area (Å²) in [6.07, 6.45) is 6.16. The molecule has 0 fully saturated rings. The minimum Gasteiger partial charge on any atom is -0.463 e. The van der Waals surface area contributed by atoms with Crippen molar-refractivity contribution in [2.75, 3.05) is 39.6 Å². The van der Waals surface area contributed by atoms with Gasteiger partial charge in [-0.3, -0.25) is 4.79 Å². The van der Waals surface area contributed by atoms with Crippen molar-refractivity contribution in [1.29, 1.82) is 0 Å². The number of hydrogen-bond donors (Lipinski definition) is 1. The van der Waals surface area contributed by atoms with Gasteiger partial charge in [-0.05, 0) is 6.42 Å². The zero-order chi connectivity index (χ0) is 14.2. The lowest BCUT2D eigenvalue weighted by Crippen LogP contribution is -2.13. The third-order valence-corrected chi connectivity index (χ3v) is 2.58. The van der Waals surface area contributed by atoms with E-state index in [1.165, 1.54) is 19.3 Å². The minimum absolute atomic E-state index is 0.0237. The van der Waals surface area contributed by atoms with Gasteiger partial charge in [-0.1, -0.05) is 32.6 Å². The smallest absolute Gasteiger partial charge is 0.305 e. The molecule has 5 heteroatoms. The average Bonchev–Trinajstić information content (AvgIpc) is 2.41. The molecule has 0 heterocycles. The quantitative estimate of drug-likeness (QED) is 0.388. The van der Waals surface area contributed by atoms with Gasteiger partial charge < -0.3 is 19.3 Å². The van der Waals surface area contributed by atoms with Gasteiger partial charge in [0.2, 0.25) is 0 Å². The fourth-order valence-electron chi connectivity index (χ4n) is 1.55. The molecule has 0 bridgehead atoms. The molecule has 0 aliphatic rings. The van der Waals surface area contributed by atoms with Crippen LogP contribution in [0, 0.1) is 0 Å². The Bertz CT molecular complexity index is 196. The number of hydrogen-bond acceptors (Lipinski definition) is 5. The van der Waals surface area contributed by atoms with Crippen LogP contribution < -0.4 is 0 Å². The van der Waals surface area contributed by atoms with Crippen molar-refractivity contribution in [3.63, 3.8) is 0 Å². The molecule has 0 rings (SSSR count). The van der Waals surface area contributed by atoms with Gasteiger partial charge in [-0.15, -0.1) is 0 Å². The summed E-state index contributed by atoms with van der Waals surface area (Å²) in [6.45, 7) is 4.12. The third kappa shape index (κ3) is 15.3. The number of carbonyl (C=O) groups is 1. The van der Waals surface area contributed by atoms with E-state index in [1.54, 1.807) is 0 Å². The second-order valence-corrected chi connectivity index (χ2v) is 4.33. The Morgan fingerprint density at radius 1 is 0.895 bits per heavy atom. The van der Waals surface area contributed by atoms with Gasteiger partial charge in [-0.2, -0.15) is 0 Å². The summed E-state index contributed by atoms with van der Waals surface area (Å²) in [7, 11) is 0. The zero-order valence-corrected chi connectivity index (χ0v) is 12.1. The summed E-state index contributed by atoms with van der Waals surface area (Å²) in [6, 6.07) is 0. The van der Waals surface area contributed by atoms with Crippen molar-refractivity contribution < 1.29 is 24.1 Å². The number of unbranched alkanes of at least 4 members (excludes halogenated alkanes) is 4. The van der Waals surface area contributed by atoms with Crippen molar-refractivity contribution >= 4 is 5.97 Å². The standard InChI is InChI=1S/C14H28O5/c1-2-3-4-5-6-7-14(16)19-13-12-18-11-10-17-9-8-15/h15H,2-13H2,1H3. The predicted octanol–water partition coefficient (Wildman–Crippen LogP) is 1.92. The average molecular weight is 276 g/mol. The van der Waals surface area contributed by atoms with E-state index in [0.29, 0.717) is 39.5 Å². The van der Waals surface area contributed by atoms with Crippen molar-refractivity contribution in [2.24, 2.45) is 0 Å². The maximum atomic E-state index is 11.3. The van der Waals surface area contributed by atoms with Crippen molar-refractivity contribution in [1.82, 2.24) is 0 Å². The second-order valence-electron chi connectivity index (χ2n) is 4.33. The van der Waals surface area contributed by atoms with Crippen LogP contribution in [0.15, 0.2) is 0 Å². The Kier molecular flexibility index (Phi) is 14.9. The first-order chi connectivity index (χ1) is 9.31. The van der Waals surface area contributed by atoms with E-state index in [9.17, 15) is 4.79 Å². The predicted molar refractivity (Wildman–Crippen MR) is 73.1 cm³/mol. The molecule has 0 aliphatic heterocycles. The second kappa shape index (κ2) is 15.4. The van der Waals surface area contributed by atoms with Gasteiger partial charge in [-0.25, -0.2) is 0 Å². The number of carbonyl (C=O) groups excluding carboxylic acids is 1. The lowest BCUT2D eigenvalue weighted by molar-refractivity contribution is -0.145. The summed E-state index contributed by atoms with van der Waals surface area (Å²) < 4.78 is 15.2. The first-order valence-electron chi connectivity index (χ1n) is 7.23. The van der Waals surface area contributed by atoms with Gasteiger partial charge in [0.05, 0.1) is 33.0 Å². The molecule has 0 aromatic carbocycles. The molecule has 0 aliphatic carbocycles. The molecule has 0 amide bonds. The van der Waals surface area contributed by atoms with Crippen LogP contribution in [0.1, 0.15) is 45.4 Å². The SMILES string of the molecule is CCCCCCCC(=O)OCCOCCOCCO. The monoisotopic (exact) mass is 276 g/mol. The topological polar surface area (TPSA) is 65.0 Å². The van der Waals surface area contributed by atoms with Gasteiger partial charge in [0.15, 0.2) is 0 Å². The molecule has 0 aromatic rings. The fourth-order valence-corrected chi connectivity index (χ4v) is 1.55. The Morgan fingerprint density at radius 3 is 2.21 bits per heavy atom. The number of ether oxygens (including phenoxy) is 3. The summed E-state index contributed by atoms with van der Waals surface area (Å²) in [5.74, 6) is -0.142. The largest absolute Gasteiger partial charge is 0.463 e. The van der Waals surface area contributed by atoms with E-state index < -0.39 is 0 Å². The normalized spacial score (nSPS) is 10.6. The van der Waals surface area contributed by atoms with Crippen molar-refractivity contribution in [3.8, 4) is 0 Å². The van der Waals surface area contributed by atoms with Crippen LogP contribution in [-0.4, -0.2) is 50.7 Å². The van der Waals surface area contributed by atoms with E-state index in [1.807, 2.05) is 0 Å². The van der Waals surface area contributed by atoms with Crippen molar-refractivity contribution in [2.45, 2.75) is 45.4 Å². The molecule has 0 unspecified atom stereocenters. The van der Waals surface area contributed by atoms with Crippen LogP contribution >= 0.6 is 0 Å². The summed E-state index contributed by atoms with van der Waals surface area (Å²) in [5, 5.41) is 8.46. The Labute approximate surface area is 116 Å². The Balaban J connectivity index is 3.12. The molecule has 19 heavy (non-hydrogen) atoms. The molecular formula is C14H28O5. The molecule has 5 nitrogen and oxygen atoms in total. The molecular weight excluding hydrogens is 248 g/mol. The molecule has 1 N–H and O–H groups in total. The highest BCUT2D eigenvalue weighted by molar-refractivity contribution is 5.69. The van der Waals surface area contributed by atoms with E-state index >= 15 is 0 Å². The highest BCUT2D eigenvalue weighted by atomic mass is 16.6. The number of aliphatic hydroxyl groups is 1. The Morgan fingerprint density at radius 2 is 1.53 bits per heavy atom. The number of esters is 1. The van der Waals surface area contributed by atoms with Gasteiger partial charge in [0, 0.05) is 6.42 Å². The molecule has 0 aromatic heterocycles. The Hall–Kier alpha value is -0.650. The summed E-state index contributed by atoms with van der Waals surface area (Å²) >= 11 is 0. The van der Waals surface area contributed by atoms with E-state index in [4.69, 9.17) is 19.3 Å². The molecule has 0 saturated heterocycles. The highest BCUT2D eigenvalue weighted by Gasteiger charge is 2.02. The third-order valence-electron chi connectivity index (χ3n) is 2.58. The minimum atomic E-state index is -0.142. The van der Waals surface area contributed by atoms with E-state index in [2.05, 4.69) is 6.92 Å². The van der Waals surface area contributed by atoms with Crippen LogP contribution in [0.5, 0.6) is 0 Å². The molecule has 0 radical (unpaired) electrons. The zero-order valence-electron chi connectivity index (χ0n) is 12.1.